The Bertz CT molecular complexity index is 865. The molecule has 0 bridgehead atoms. The fourth-order valence-electron chi connectivity index (χ4n) is 3.71. The molecule has 0 aliphatic carbocycles. The molecule has 1 aromatic carbocycles. The average Bonchev–Trinajstić information content (AvgIpc) is 3.29. The molecule has 1 aromatic heterocycles. The maximum Gasteiger partial charge on any atom is 0.317 e. The molecule has 1 fully saturated rings. The Labute approximate surface area is 170 Å². The Morgan fingerprint density at radius 1 is 1.10 bits per heavy atom. The third kappa shape index (κ3) is 4.21. The van der Waals surface area contributed by atoms with Gasteiger partial charge in [-0.25, -0.2) is 9.78 Å². The summed E-state index contributed by atoms with van der Waals surface area (Å²) in [6, 6.07) is 7.34. The van der Waals surface area contributed by atoms with E-state index in [1.165, 1.54) is 0 Å². The second kappa shape index (κ2) is 8.55. The molecular formula is C21H27N5O3. The summed E-state index contributed by atoms with van der Waals surface area (Å²) in [5.41, 5.74) is 1.84. The number of ether oxygens (including phenoxy) is 2. The van der Waals surface area contributed by atoms with Crippen molar-refractivity contribution in [2.45, 2.75) is 32.7 Å². The van der Waals surface area contributed by atoms with E-state index in [-0.39, 0.29) is 6.03 Å². The van der Waals surface area contributed by atoms with Crippen LogP contribution in [0.5, 0.6) is 17.4 Å². The molecule has 3 heterocycles. The molecular weight excluding hydrogens is 370 g/mol. The largest absolute Gasteiger partial charge is 0.497 e. The molecule has 0 radical (unpaired) electrons. The molecule has 0 unspecified atom stereocenters. The lowest BCUT2D eigenvalue weighted by molar-refractivity contribution is 0.191. The lowest BCUT2D eigenvalue weighted by Gasteiger charge is -2.30. The number of nitrogens with zero attached hydrogens (tertiary/aromatic N) is 4. The minimum Gasteiger partial charge on any atom is -0.497 e. The first-order chi connectivity index (χ1) is 14.2. The first-order valence-electron chi connectivity index (χ1n) is 10.2. The van der Waals surface area contributed by atoms with Crippen LogP contribution in [0, 0.1) is 0 Å². The number of carbonyl (C=O) groups excluding carboxylic acids is 1. The highest BCUT2D eigenvalue weighted by Gasteiger charge is 2.28. The van der Waals surface area contributed by atoms with Gasteiger partial charge in [-0.15, -0.1) is 0 Å². The van der Waals surface area contributed by atoms with Gasteiger partial charge in [-0.3, -0.25) is 0 Å². The van der Waals surface area contributed by atoms with Crippen LogP contribution in [0.1, 0.15) is 31.0 Å². The van der Waals surface area contributed by atoms with Gasteiger partial charge in [-0.05, 0) is 44.0 Å². The Morgan fingerprint density at radius 2 is 1.83 bits per heavy atom. The van der Waals surface area contributed by atoms with E-state index in [9.17, 15) is 4.79 Å². The molecule has 0 saturated carbocycles. The van der Waals surface area contributed by atoms with Crippen LogP contribution in [0.2, 0.25) is 0 Å². The van der Waals surface area contributed by atoms with Crippen molar-refractivity contribution in [3.05, 3.63) is 35.5 Å². The number of carbonyl (C=O) groups is 1. The molecule has 8 nitrogen and oxygen atoms in total. The number of fused-ring (bicyclic) bond motifs is 1. The van der Waals surface area contributed by atoms with Gasteiger partial charge in [0.1, 0.15) is 11.5 Å². The highest BCUT2D eigenvalue weighted by Crippen LogP contribution is 2.32. The fourth-order valence-corrected chi connectivity index (χ4v) is 3.71. The van der Waals surface area contributed by atoms with E-state index in [0.29, 0.717) is 37.7 Å². The molecule has 2 amide bonds. The first-order valence-corrected chi connectivity index (χ1v) is 10.2. The van der Waals surface area contributed by atoms with E-state index in [1.807, 2.05) is 31.2 Å². The average molecular weight is 397 g/mol. The standard InChI is InChI=1S/C21H27N5O3/c1-3-22-21(27)26-13-10-18-17(14-26)19(24-20(23-18)25-11-4-5-12-25)29-16-8-6-15(28-2)7-9-16/h6-9H,3-5,10-14H2,1-2H3,(H,22,27). The van der Waals surface area contributed by atoms with Crippen molar-refractivity contribution in [1.29, 1.82) is 0 Å². The smallest absolute Gasteiger partial charge is 0.317 e. The highest BCUT2D eigenvalue weighted by atomic mass is 16.5. The number of rotatable bonds is 5. The van der Waals surface area contributed by atoms with Crippen LogP contribution in [0.25, 0.3) is 0 Å². The van der Waals surface area contributed by atoms with Crippen molar-refractivity contribution in [3.8, 4) is 17.4 Å². The van der Waals surface area contributed by atoms with Crippen LogP contribution in [0.4, 0.5) is 10.7 Å². The Balaban J connectivity index is 1.66. The van der Waals surface area contributed by atoms with Gasteiger partial charge in [0.2, 0.25) is 11.8 Å². The van der Waals surface area contributed by atoms with E-state index in [2.05, 4.69) is 10.2 Å². The van der Waals surface area contributed by atoms with Gasteiger partial charge in [-0.2, -0.15) is 4.98 Å². The van der Waals surface area contributed by atoms with Crippen molar-refractivity contribution in [3.63, 3.8) is 0 Å². The lowest BCUT2D eigenvalue weighted by atomic mass is 10.1. The van der Waals surface area contributed by atoms with Crippen LogP contribution in [0.15, 0.2) is 24.3 Å². The number of methoxy groups -OCH3 is 1. The topological polar surface area (TPSA) is 79.8 Å². The summed E-state index contributed by atoms with van der Waals surface area (Å²) in [5.74, 6) is 2.68. The monoisotopic (exact) mass is 397 g/mol. The molecule has 29 heavy (non-hydrogen) atoms. The summed E-state index contributed by atoms with van der Waals surface area (Å²) in [7, 11) is 1.63. The minimum atomic E-state index is -0.0721. The summed E-state index contributed by atoms with van der Waals surface area (Å²) in [4.78, 5) is 25.9. The second-order valence-corrected chi connectivity index (χ2v) is 7.23. The zero-order chi connectivity index (χ0) is 20.2. The Hall–Kier alpha value is -3.03. The van der Waals surface area contributed by atoms with Crippen LogP contribution in [-0.2, 0) is 13.0 Å². The summed E-state index contributed by atoms with van der Waals surface area (Å²) < 4.78 is 11.4. The summed E-state index contributed by atoms with van der Waals surface area (Å²) >= 11 is 0. The van der Waals surface area contributed by atoms with Crippen LogP contribution < -0.4 is 19.7 Å². The molecule has 2 aliphatic rings. The number of aromatic nitrogens is 2. The molecule has 2 aliphatic heterocycles. The molecule has 0 atom stereocenters. The van der Waals surface area contributed by atoms with Crippen molar-refractivity contribution in [2.75, 3.05) is 38.2 Å². The third-order valence-electron chi connectivity index (χ3n) is 5.29. The van der Waals surface area contributed by atoms with Crippen molar-refractivity contribution in [2.24, 2.45) is 0 Å². The maximum atomic E-state index is 12.3. The second-order valence-electron chi connectivity index (χ2n) is 7.23. The predicted octanol–water partition coefficient (Wildman–Crippen LogP) is 2.97. The zero-order valence-electron chi connectivity index (χ0n) is 17.0. The van der Waals surface area contributed by atoms with Crippen LogP contribution in [0.3, 0.4) is 0 Å². The van der Waals surface area contributed by atoms with Gasteiger partial charge in [0.15, 0.2) is 0 Å². The number of hydrogen-bond acceptors (Lipinski definition) is 6. The van der Waals surface area contributed by atoms with Crippen molar-refractivity contribution in [1.82, 2.24) is 20.2 Å². The van der Waals surface area contributed by atoms with E-state index in [1.54, 1.807) is 12.0 Å². The molecule has 4 rings (SSSR count). The van der Waals surface area contributed by atoms with E-state index < -0.39 is 0 Å². The number of amides is 2. The normalized spacial score (nSPS) is 15.8. The first kappa shape index (κ1) is 19.3. The third-order valence-corrected chi connectivity index (χ3v) is 5.29. The summed E-state index contributed by atoms with van der Waals surface area (Å²) in [6.45, 7) is 5.52. The van der Waals surface area contributed by atoms with Gasteiger partial charge in [0.05, 0.1) is 24.9 Å². The van der Waals surface area contributed by atoms with E-state index in [0.717, 1.165) is 48.9 Å². The predicted molar refractivity (Wildman–Crippen MR) is 110 cm³/mol. The fraction of sp³-hybridized carbons (Fsp3) is 0.476. The molecule has 1 saturated heterocycles. The van der Waals surface area contributed by atoms with Crippen molar-refractivity contribution < 1.29 is 14.3 Å². The zero-order valence-corrected chi connectivity index (χ0v) is 17.0. The van der Waals surface area contributed by atoms with E-state index >= 15 is 0 Å². The molecule has 1 N–H and O–H groups in total. The maximum absolute atomic E-state index is 12.3. The lowest BCUT2D eigenvalue weighted by Crippen LogP contribution is -2.43. The minimum absolute atomic E-state index is 0.0721. The number of urea groups is 1. The Kier molecular flexibility index (Phi) is 5.69. The molecule has 8 heteroatoms. The van der Waals surface area contributed by atoms with Gasteiger partial charge < -0.3 is 24.6 Å². The van der Waals surface area contributed by atoms with Gasteiger partial charge in [-0.1, -0.05) is 0 Å². The molecule has 154 valence electrons. The summed E-state index contributed by atoms with van der Waals surface area (Å²) in [6.07, 6.45) is 3.00. The number of nitrogens with one attached hydrogen (secondary N) is 1. The molecule has 0 spiro atoms. The van der Waals surface area contributed by atoms with E-state index in [4.69, 9.17) is 19.4 Å². The van der Waals surface area contributed by atoms with Gasteiger partial charge >= 0.3 is 6.03 Å². The summed E-state index contributed by atoms with van der Waals surface area (Å²) in [5, 5.41) is 2.87. The molecule has 2 aromatic rings. The van der Waals surface area contributed by atoms with Crippen LogP contribution in [-0.4, -0.2) is 54.2 Å². The number of anilines is 1. The highest BCUT2D eigenvalue weighted by molar-refractivity contribution is 5.74. The Morgan fingerprint density at radius 3 is 2.52 bits per heavy atom. The quantitative estimate of drug-likeness (QED) is 0.836. The van der Waals surface area contributed by atoms with Gasteiger partial charge in [0, 0.05) is 32.6 Å². The number of hydrogen-bond donors (Lipinski definition) is 1. The van der Waals surface area contributed by atoms with Crippen LogP contribution >= 0.6 is 0 Å². The van der Waals surface area contributed by atoms with Gasteiger partial charge in [0.25, 0.3) is 0 Å². The number of benzene rings is 1. The van der Waals surface area contributed by atoms with Crippen molar-refractivity contribution >= 4 is 12.0 Å². The SMILES string of the molecule is CCNC(=O)N1CCc2nc(N3CCCC3)nc(Oc3ccc(OC)cc3)c2C1.